The van der Waals surface area contributed by atoms with Gasteiger partial charge in [-0.1, -0.05) is 18.2 Å². The molecule has 5 heteroatoms. The van der Waals surface area contributed by atoms with E-state index in [4.69, 9.17) is 4.74 Å². The Bertz CT molecular complexity index is 935. The first-order valence-corrected chi connectivity index (χ1v) is 9.70. The van der Waals surface area contributed by atoms with Gasteiger partial charge in [-0.3, -0.25) is 9.69 Å². The summed E-state index contributed by atoms with van der Waals surface area (Å²) in [6.07, 6.45) is 1.05. The van der Waals surface area contributed by atoms with Crippen molar-refractivity contribution in [3.05, 3.63) is 63.8 Å². The summed E-state index contributed by atoms with van der Waals surface area (Å²) >= 11 is 1.82. The summed E-state index contributed by atoms with van der Waals surface area (Å²) in [5.74, 6) is 0.937. The van der Waals surface area contributed by atoms with Gasteiger partial charge in [0.25, 0.3) is 0 Å². The first-order chi connectivity index (χ1) is 12.7. The highest BCUT2D eigenvalue weighted by molar-refractivity contribution is 7.10. The lowest BCUT2D eigenvalue weighted by molar-refractivity contribution is -0.122. The van der Waals surface area contributed by atoms with Crippen LogP contribution in [0.1, 0.15) is 16.0 Å². The molecule has 1 aromatic heterocycles. The van der Waals surface area contributed by atoms with Gasteiger partial charge in [-0.15, -0.1) is 11.3 Å². The quantitative estimate of drug-likeness (QED) is 0.750. The molecule has 0 radical (unpaired) electrons. The highest BCUT2D eigenvalue weighted by atomic mass is 32.1. The van der Waals surface area contributed by atoms with Crippen molar-refractivity contribution in [1.82, 2.24) is 10.2 Å². The summed E-state index contributed by atoms with van der Waals surface area (Å²) in [7, 11) is 1.67. The maximum absolute atomic E-state index is 12.3. The summed E-state index contributed by atoms with van der Waals surface area (Å²) in [4.78, 5) is 16.0. The number of nitrogens with zero attached hydrogens (tertiary/aromatic N) is 1. The molecular formula is C21H22N2O2S. The van der Waals surface area contributed by atoms with Gasteiger partial charge < -0.3 is 10.1 Å². The van der Waals surface area contributed by atoms with Crippen molar-refractivity contribution in [1.29, 1.82) is 0 Å². The van der Waals surface area contributed by atoms with E-state index in [1.165, 1.54) is 10.4 Å². The first-order valence-electron chi connectivity index (χ1n) is 8.82. The summed E-state index contributed by atoms with van der Waals surface area (Å²) in [5, 5.41) is 7.48. The molecule has 0 fully saturated rings. The molecule has 0 atom stereocenters. The monoisotopic (exact) mass is 366 g/mol. The molecule has 0 saturated carbocycles. The van der Waals surface area contributed by atoms with E-state index in [0.717, 1.165) is 41.6 Å². The molecule has 0 bridgehead atoms. The Hall–Kier alpha value is -2.37. The Balaban J connectivity index is 1.33. The number of fused-ring (bicyclic) bond motifs is 2. The number of hydrogen-bond donors (Lipinski definition) is 1. The van der Waals surface area contributed by atoms with Crippen LogP contribution in [0.15, 0.2) is 47.8 Å². The molecule has 0 aliphatic carbocycles. The van der Waals surface area contributed by atoms with E-state index < -0.39 is 0 Å². The molecule has 4 nitrogen and oxygen atoms in total. The molecule has 4 rings (SSSR count). The molecule has 0 saturated heterocycles. The number of carbonyl (C=O) groups excluding carboxylic acids is 1. The Labute approximate surface area is 157 Å². The zero-order valence-corrected chi connectivity index (χ0v) is 15.6. The van der Waals surface area contributed by atoms with Gasteiger partial charge in [-0.05, 0) is 58.0 Å². The van der Waals surface area contributed by atoms with Crippen molar-refractivity contribution in [2.75, 3.05) is 20.2 Å². The first kappa shape index (κ1) is 17.1. The molecule has 2 aromatic carbocycles. The van der Waals surface area contributed by atoms with Crippen molar-refractivity contribution in [2.24, 2.45) is 0 Å². The van der Waals surface area contributed by atoms with E-state index in [1.54, 1.807) is 7.11 Å². The number of rotatable bonds is 5. The molecule has 0 spiro atoms. The van der Waals surface area contributed by atoms with Crippen LogP contribution in [0.25, 0.3) is 10.8 Å². The standard InChI is InChI=1S/C21H22N2O2S/c1-25-19-5-4-16-10-15(2-3-17(16)11-19)12-22-21(24)14-23-8-6-20-18(13-23)7-9-26-20/h2-5,7,9-11H,6,8,12-14H2,1H3,(H,22,24). The highest BCUT2D eigenvalue weighted by Gasteiger charge is 2.19. The number of carbonyl (C=O) groups is 1. The van der Waals surface area contributed by atoms with Crippen LogP contribution in [0.5, 0.6) is 5.75 Å². The number of methoxy groups -OCH3 is 1. The number of thiophene rings is 1. The fourth-order valence-electron chi connectivity index (χ4n) is 3.41. The molecule has 2 heterocycles. The normalized spacial score (nSPS) is 14.2. The molecule has 26 heavy (non-hydrogen) atoms. The number of nitrogens with one attached hydrogen (secondary N) is 1. The second kappa shape index (κ2) is 7.48. The molecule has 1 amide bonds. The van der Waals surface area contributed by atoms with E-state index >= 15 is 0 Å². The second-order valence-electron chi connectivity index (χ2n) is 6.65. The largest absolute Gasteiger partial charge is 0.497 e. The molecule has 1 N–H and O–H groups in total. The van der Waals surface area contributed by atoms with Gasteiger partial charge in [0, 0.05) is 24.5 Å². The van der Waals surface area contributed by atoms with Crippen LogP contribution in [0.4, 0.5) is 0 Å². The van der Waals surface area contributed by atoms with E-state index in [1.807, 2.05) is 29.5 Å². The average molecular weight is 366 g/mol. The number of amides is 1. The smallest absolute Gasteiger partial charge is 0.234 e. The van der Waals surface area contributed by atoms with Crippen LogP contribution >= 0.6 is 11.3 Å². The zero-order chi connectivity index (χ0) is 17.9. The van der Waals surface area contributed by atoms with Crippen LogP contribution < -0.4 is 10.1 Å². The van der Waals surface area contributed by atoms with Crippen molar-refractivity contribution in [3.63, 3.8) is 0 Å². The van der Waals surface area contributed by atoms with Gasteiger partial charge in [-0.25, -0.2) is 0 Å². The van der Waals surface area contributed by atoms with Crippen LogP contribution in [-0.4, -0.2) is 31.0 Å². The molecule has 0 unspecified atom stereocenters. The highest BCUT2D eigenvalue weighted by Crippen LogP contribution is 2.24. The lowest BCUT2D eigenvalue weighted by Gasteiger charge is -2.26. The fraction of sp³-hybridized carbons (Fsp3) is 0.286. The molecular weight excluding hydrogens is 344 g/mol. The van der Waals surface area contributed by atoms with Crippen molar-refractivity contribution in [3.8, 4) is 5.75 Å². The minimum atomic E-state index is 0.0820. The second-order valence-corrected chi connectivity index (χ2v) is 7.65. The van der Waals surface area contributed by atoms with Gasteiger partial charge >= 0.3 is 0 Å². The van der Waals surface area contributed by atoms with Crippen molar-refractivity contribution < 1.29 is 9.53 Å². The topological polar surface area (TPSA) is 41.6 Å². The fourth-order valence-corrected chi connectivity index (χ4v) is 4.30. The molecule has 1 aliphatic rings. The van der Waals surface area contributed by atoms with Gasteiger partial charge in [0.1, 0.15) is 5.75 Å². The number of benzene rings is 2. The third-order valence-electron chi connectivity index (χ3n) is 4.86. The molecule has 134 valence electrons. The van der Waals surface area contributed by atoms with Crippen LogP contribution in [0.3, 0.4) is 0 Å². The Morgan fingerprint density at radius 3 is 2.92 bits per heavy atom. The predicted molar refractivity (Wildman–Crippen MR) is 106 cm³/mol. The number of hydrogen-bond acceptors (Lipinski definition) is 4. The van der Waals surface area contributed by atoms with Crippen LogP contribution in [0.2, 0.25) is 0 Å². The average Bonchev–Trinajstić information content (AvgIpc) is 3.13. The predicted octanol–water partition coefficient (Wildman–Crippen LogP) is 3.58. The minimum Gasteiger partial charge on any atom is -0.497 e. The maximum Gasteiger partial charge on any atom is 0.234 e. The SMILES string of the molecule is COc1ccc2cc(CNC(=O)CN3CCc4sccc4C3)ccc2c1. The molecule has 3 aromatic rings. The van der Waals surface area contributed by atoms with E-state index in [-0.39, 0.29) is 5.91 Å². The number of ether oxygens (including phenoxy) is 1. The van der Waals surface area contributed by atoms with Crippen molar-refractivity contribution >= 4 is 28.0 Å². The summed E-state index contributed by atoms with van der Waals surface area (Å²) in [6, 6.07) is 14.4. The Morgan fingerprint density at radius 2 is 2.04 bits per heavy atom. The summed E-state index contributed by atoms with van der Waals surface area (Å²) in [5.41, 5.74) is 2.48. The summed E-state index contributed by atoms with van der Waals surface area (Å²) < 4.78 is 5.26. The van der Waals surface area contributed by atoms with Crippen molar-refractivity contribution in [2.45, 2.75) is 19.5 Å². The van der Waals surface area contributed by atoms with Gasteiger partial charge in [0.15, 0.2) is 0 Å². The van der Waals surface area contributed by atoms with Crippen LogP contribution in [-0.2, 0) is 24.3 Å². The summed E-state index contributed by atoms with van der Waals surface area (Å²) in [6.45, 7) is 2.85. The Kier molecular flexibility index (Phi) is 4.91. The lowest BCUT2D eigenvalue weighted by atomic mass is 10.1. The zero-order valence-electron chi connectivity index (χ0n) is 14.8. The molecule has 1 aliphatic heterocycles. The maximum atomic E-state index is 12.3. The van der Waals surface area contributed by atoms with Gasteiger partial charge in [0.2, 0.25) is 5.91 Å². The van der Waals surface area contributed by atoms with Crippen LogP contribution in [0, 0.1) is 0 Å². The van der Waals surface area contributed by atoms with E-state index in [2.05, 4.69) is 39.9 Å². The lowest BCUT2D eigenvalue weighted by Crippen LogP contribution is -2.39. The van der Waals surface area contributed by atoms with Gasteiger partial charge in [0.05, 0.1) is 13.7 Å². The Morgan fingerprint density at radius 1 is 1.19 bits per heavy atom. The third-order valence-corrected chi connectivity index (χ3v) is 5.88. The van der Waals surface area contributed by atoms with E-state index in [0.29, 0.717) is 13.1 Å². The third kappa shape index (κ3) is 3.74. The minimum absolute atomic E-state index is 0.0820. The van der Waals surface area contributed by atoms with Gasteiger partial charge in [-0.2, -0.15) is 0 Å². The van der Waals surface area contributed by atoms with E-state index in [9.17, 15) is 4.79 Å².